The normalized spacial score (nSPS) is 10.2. The minimum atomic E-state index is -0.545. The van der Waals surface area contributed by atoms with Crippen molar-refractivity contribution in [2.24, 2.45) is 0 Å². The molecule has 0 saturated heterocycles. The lowest BCUT2D eigenvalue weighted by atomic mass is 10.0. The summed E-state index contributed by atoms with van der Waals surface area (Å²) in [7, 11) is 3.48. The van der Waals surface area contributed by atoms with E-state index in [2.05, 4.69) is 11.1 Å². The fraction of sp³-hybridized carbons (Fsp3) is 0.200. The summed E-state index contributed by atoms with van der Waals surface area (Å²) in [6, 6.07) is 6.91. The van der Waals surface area contributed by atoms with E-state index in [1.54, 1.807) is 32.0 Å². The number of hydrogen-bond acceptors (Lipinski definition) is 3. The first-order chi connectivity index (χ1) is 9.43. The second-order valence-corrected chi connectivity index (χ2v) is 4.66. The van der Waals surface area contributed by atoms with E-state index in [0.717, 1.165) is 18.2 Å². The highest BCUT2D eigenvalue weighted by molar-refractivity contribution is 5.69. The number of rotatable bonds is 2. The maximum atomic E-state index is 13.9. The average Bonchev–Trinajstić information content (AvgIpc) is 2.41. The van der Waals surface area contributed by atoms with Crippen LogP contribution >= 0.6 is 0 Å². The molecular weight excluding hydrogens is 260 g/mol. The van der Waals surface area contributed by atoms with E-state index in [9.17, 15) is 8.78 Å². The molecule has 3 nitrogen and oxygen atoms in total. The van der Waals surface area contributed by atoms with Gasteiger partial charge in [-0.2, -0.15) is 5.26 Å². The van der Waals surface area contributed by atoms with Gasteiger partial charge < -0.3 is 4.90 Å². The van der Waals surface area contributed by atoms with Crippen molar-refractivity contribution in [2.75, 3.05) is 19.0 Å². The zero-order chi connectivity index (χ0) is 14.9. The van der Waals surface area contributed by atoms with Crippen LogP contribution in [0.15, 0.2) is 24.3 Å². The Morgan fingerprint density at radius 1 is 1.20 bits per heavy atom. The summed E-state index contributed by atoms with van der Waals surface area (Å²) >= 11 is 0. The predicted molar refractivity (Wildman–Crippen MR) is 73.4 cm³/mol. The molecule has 0 amide bonds. The van der Waals surface area contributed by atoms with Crippen molar-refractivity contribution in [1.82, 2.24) is 4.98 Å². The first-order valence-corrected chi connectivity index (χ1v) is 5.98. The predicted octanol–water partition coefficient (Wildman–Crippen LogP) is 3.27. The SMILES string of the molecule is Cc1cc(C#N)c(N(C)C)nc1-c1cc(F)ccc1F. The Balaban J connectivity index is 2.72. The molecule has 1 aromatic heterocycles. The number of halogens is 2. The van der Waals surface area contributed by atoms with Gasteiger partial charge in [-0.15, -0.1) is 0 Å². The third-order valence-electron chi connectivity index (χ3n) is 2.92. The van der Waals surface area contributed by atoms with Gasteiger partial charge in [-0.25, -0.2) is 13.8 Å². The zero-order valence-corrected chi connectivity index (χ0v) is 11.4. The number of anilines is 1. The van der Waals surface area contributed by atoms with Crippen molar-refractivity contribution in [3.8, 4) is 17.3 Å². The second kappa shape index (κ2) is 5.25. The molecular formula is C15H13F2N3. The van der Waals surface area contributed by atoms with Crippen molar-refractivity contribution < 1.29 is 8.78 Å². The average molecular weight is 273 g/mol. The van der Waals surface area contributed by atoms with Crippen LogP contribution in [0.2, 0.25) is 0 Å². The quantitative estimate of drug-likeness (QED) is 0.843. The van der Waals surface area contributed by atoms with Gasteiger partial charge in [0.1, 0.15) is 23.5 Å². The Bertz CT molecular complexity index is 703. The minimum absolute atomic E-state index is 0.0927. The smallest absolute Gasteiger partial charge is 0.146 e. The molecule has 0 fully saturated rings. The summed E-state index contributed by atoms with van der Waals surface area (Å²) < 4.78 is 27.2. The van der Waals surface area contributed by atoms with Gasteiger partial charge in [0, 0.05) is 19.7 Å². The maximum absolute atomic E-state index is 13.9. The minimum Gasteiger partial charge on any atom is -0.362 e. The Labute approximate surface area is 116 Å². The maximum Gasteiger partial charge on any atom is 0.146 e. The Hall–Kier alpha value is -2.48. The third kappa shape index (κ3) is 2.45. The Morgan fingerprint density at radius 2 is 1.90 bits per heavy atom. The standard InChI is InChI=1S/C15H13F2N3/c1-9-6-10(8-18)15(20(2)3)19-14(9)12-7-11(16)4-5-13(12)17/h4-7H,1-3H3. The lowest BCUT2D eigenvalue weighted by Crippen LogP contribution is -2.13. The van der Waals surface area contributed by atoms with Crippen LogP contribution in [0.1, 0.15) is 11.1 Å². The van der Waals surface area contributed by atoms with Crippen LogP contribution in [0, 0.1) is 29.9 Å². The topological polar surface area (TPSA) is 39.9 Å². The summed E-state index contributed by atoms with van der Waals surface area (Å²) in [5, 5.41) is 9.10. The zero-order valence-electron chi connectivity index (χ0n) is 11.4. The van der Waals surface area contributed by atoms with Gasteiger partial charge >= 0.3 is 0 Å². The van der Waals surface area contributed by atoms with Gasteiger partial charge in [-0.1, -0.05) is 0 Å². The third-order valence-corrected chi connectivity index (χ3v) is 2.92. The summed E-state index contributed by atoms with van der Waals surface area (Å²) in [6.45, 7) is 1.72. The van der Waals surface area contributed by atoms with Crippen molar-refractivity contribution in [3.05, 3.63) is 47.0 Å². The van der Waals surface area contributed by atoms with Crippen molar-refractivity contribution in [3.63, 3.8) is 0 Å². The fourth-order valence-corrected chi connectivity index (χ4v) is 1.98. The molecule has 0 unspecified atom stereocenters. The molecule has 1 aromatic carbocycles. The molecule has 0 radical (unpaired) electrons. The van der Waals surface area contributed by atoms with E-state index in [4.69, 9.17) is 5.26 Å². The van der Waals surface area contributed by atoms with Gasteiger partial charge in [0.05, 0.1) is 11.3 Å². The second-order valence-electron chi connectivity index (χ2n) is 4.66. The summed E-state index contributed by atoms with van der Waals surface area (Å²) in [4.78, 5) is 5.98. The van der Waals surface area contributed by atoms with Crippen molar-refractivity contribution in [2.45, 2.75) is 6.92 Å². The lowest BCUT2D eigenvalue weighted by molar-refractivity contribution is 0.602. The number of hydrogen-bond donors (Lipinski definition) is 0. The molecule has 0 N–H and O–H groups in total. The van der Waals surface area contributed by atoms with Crippen LogP contribution in [0.4, 0.5) is 14.6 Å². The van der Waals surface area contributed by atoms with E-state index in [1.807, 2.05) is 0 Å². The molecule has 0 aliphatic heterocycles. The molecule has 0 spiro atoms. The molecule has 1 heterocycles. The number of aromatic nitrogens is 1. The summed E-state index contributed by atoms with van der Waals surface area (Å²) in [6.07, 6.45) is 0. The van der Waals surface area contributed by atoms with Crippen LogP contribution in [0.5, 0.6) is 0 Å². The molecule has 0 aliphatic carbocycles. The van der Waals surface area contributed by atoms with E-state index >= 15 is 0 Å². The van der Waals surface area contributed by atoms with Crippen LogP contribution in [0.25, 0.3) is 11.3 Å². The Morgan fingerprint density at radius 3 is 2.50 bits per heavy atom. The highest BCUT2D eigenvalue weighted by atomic mass is 19.1. The molecule has 2 rings (SSSR count). The molecule has 5 heteroatoms. The Kier molecular flexibility index (Phi) is 3.66. The van der Waals surface area contributed by atoms with E-state index in [0.29, 0.717) is 22.6 Å². The first kappa shape index (κ1) is 13.9. The van der Waals surface area contributed by atoms with Gasteiger partial charge in [0.25, 0.3) is 0 Å². The van der Waals surface area contributed by atoms with Gasteiger partial charge in [-0.05, 0) is 36.8 Å². The molecule has 102 valence electrons. The van der Waals surface area contributed by atoms with E-state index in [-0.39, 0.29) is 5.56 Å². The number of aryl methyl sites for hydroxylation is 1. The lowest BCUT2D eigenvalue weighted by Gasteiger charge is -2.16. The summed E-state index contributed by atoms with van der Waals surface area (Å²) in [5.74, 6) is -0.647. The highest BCUT2D eigenvalue weighted by Gasteiger charge is 2.15. The van der Waals surface area contributed by atoms with Gasteiger partial charge in [0.2, 0.25) is 0 Å². The highest BCUT2D eigenvalue weighted by Crippen LogP contribution is 2.29. The monoisotopic (exact) mass is 273 g/mol. The summed E-state index contributed by atoms with van der Waals surface area (Å²) in [5.41, 5.74) is 1.45. The molecule has 2 aromatic rings. The first-order valence-electron chi connectivity index (χ1n) is 5.98. The van der Waals surface area contributed by atoms with Crippen LogP contribution in [-0.4, -0.2) is 19.1 Å². The number of benzene rings is 1. The molecule has 0 atom stereocenters. The number of nitrogens with zero attached hydrogens (tertiary/aromatic N) is 3. The van der Waals surface area contributed by atoms with Crippen LogP contribution in [-0.2, 0) is 0 Å². The largest absolute Gasteiger partial charge is 0.362 e. The van der Waals surface area contributed by atoms with E-state index < -0.39 is 11.6 Å². The molecule has 20 heavy (non-hydrogen) atoms. The number of pyridine rings is 1. The van der Waals surface area contributed by atoms with Crippen LogP contribution < -0.4 is 4.90 Å². The van der Waals surface area contributed by atoms with Gasteiger partial charge in [0.15, 0.2) is 0 Å². The van der Waals surface area contributed by atoms with Gasteiger partial charge in [-0.3, -0.25) is 0 Å². The van der Waals surface area contributed by atoms with E-state index in [1.165, 1.54) is 0 Å². The van der Waals surface area contributed by atoms with Crippen LogP contribution in [0.3, 0.4) is 0 Å². The number of nitriles is 1. The van der Waals surface area contributed by atoms with Crippen molar-refractivity contribution in [1.29, 1.82) is 5.26 Å². The fourth-order valence-electron chi connectivity index (χ4n) is 1.98. The molecule has 0 aliphatic rings. The van der Waals surface area contributed by atoms with Crippen molar-refractivity contribution >= 4 is 5.82 Å². The molecule has 0 saturated carbocycles. The molecule has 0 bridgehead atoms.